The van der Waals surface area contributed by atoms with Crippen LogP contribution in [0.4, 0.5) is 0 Å². The highest BCUT2D eigenvalue weighted by molar-refractivity contribution is 7.54. The summed E-state index contributed by atoms with van der Waals surface area (Å²) in [5, 5.41) is 23.0. The van der Waals surface area contributed by atoms with E-state index in [-0.39, 0.29) is 6.42 Å². The molecule has 0 aromatic carbocycles. The smallest absolute Gasteiger partial charge is 0.343 e. The second-order valence-corrected chi connectivity index (χ2v) is 5.64. The lowest BCUT2D eigenvalue weighted by Crippen LogP contribution is -2.40. The average molecular weight is 284 g/mol. The molecular weight excluding hydrogens is 271 g/mol. The summed E-state index contributed by atoms with van der Waals surface area (Å²) in [5.74, 6) is -4.91. The Morgan fingerprint density at radius 2 is 1.50 bits per heavy atom. The molecule has 10 heteroatoms. The van der Waals surface area contributed by atoms with Gasteiger partial charge in [-0.25, -0.2) is 0 Å². The lowest BCUT2D eigenvalue weighted by Gasteiger charge is -2.28. The van der Waals surface area contributed by atoms with Crippen molar-refractivity contribution in [2.75, 3.05) is 0 Å². The first-order chi connectivity index (χ1) is 8.03. The first kappa shape index (κ1) is 16.6. The molecule has 18 heavy (non-hydrogen) atoms. The van der Waals surface area contributed by atoms with Gasteiger partial charge in [-0.05, 0) is 12.8 Å². The Bertz CT molecular complexity index is 397. The van der Waals surface area contributed by atoms with Gasteiger partial charge in [0.25, 0.3) is 0 Å². The number of hydrogen-bond acceptors (Lipinski definition) is 4. The average Bonchev–Trinajstić information content (AvgIpc) is 2.12. The van der Waals surface area contributed by atoms with E-state index in [1.807, 2.05) is 0 Å². The summed E-state index contributed by atoms with van der Waals surface area (Å²) in [7, 11) is -5.25. The molecule has 0 saturated heterocycles. The third kappa shape index (κ3) is 4.10. The largest absolute Gasteiger partial charge is 0.481 e. The molecule has 1 atom stereocenters. The topological polar surface area (TPSA) is 169 Å². The molecule has 0 saturated carbocycles. The molecular formula is C8H13O9P. The Labute approximate surface area is 101 Å². The molecule has 1 unspecified atom stereocenters. The zero-order chi connectivity index (χ0) is 14.6. The highest BCUT2D eigenvalue weighted by Crippen LogP contribution is 2.55. The quantitative estimate of drug-likeness (QED) is 0.376. The number of hydrogen-bond donors (Lipinski definition) is 5. The molecule has 0 aliphatic carbocycles. The maximum atomic E-state index is 11.2. The second kappa shape index (κ2) is 5.94. The number of rotatable bonds is 8. The van der Waals surface area contributed by atoms with Gasteiger partial charge in [-0.3, -0.25) is 18.9 Å². The van der Waals surface area contributed by atoms with Crippen LogP contribution >= 0.6 is 7.60 Å². The highest BCUT2D eigenvalue weighted by Gasteiger charge is 2.54. The minimum atomic E-state index is -5.25. The van der Waals surface area contributed by atoms with Crippen molar-refractivity contribution in [2.24, 2.45) is 0 Å². The summed E-state index contributed by atoms with van der Waals surface area (Å²) in [5.41, 5.74) is 0. The molecule has 0 amide bonds. The van der Waals surface area contributed by atoms with E-state index in [1.165, 1.54) is 0 Å². The molecule has 0 aromatic rings. The molecule has 5 N–H and O–H groups in total. The van der Waals surface area contributed by atoms with Gasteiger partial charge in [0.2, 0.25) is 0 Å². The molecule has 0 heterocycles. The van der Waals surface area contributed by atoms with Gasteiger partial charge in [0.1, 0.15) is 0 Å². The Kier molecular flexibility index (Phi) is 5.47. The van der Waals surface area contributed by atoms with Crippen molar-refractivity contribution in [1.29, 1.82) is 0 Å². The Morgan fingerprint density at radius 1 is 1.00 bits per heavy atom. The summed E-state index contributed by atoms with van der Waals surface area (Å²) >= 11 is 0. The Hall–Kier alpha value is -1.44. The summed E-state index contributed by atoms with van der Waals surface area (Å²) in [4.78, 5) is 49.8. The summed E-state index contributed by atoms with van der Waals surface area (Å²) in [6, 6.07) is 0. The Balaban J connectivity index is 5.22. The van der Waals surface area contributed by atoms with Crippen molar-refractivity contribution >= 4 is 25.5 Å². The summed E-state index contributed by atoms with van der Waals surface area (Å²) < 4.78 is 11.2. The predicted molar refractivity (Wildman–Crippen MR) is 56.2 cm³/mol. The molecule has 104 valence electrons. The van der Waals surface area contributed by atoms with Gasteiger partial charge >= 0.3 is 25.5 Å². The van der Waals surface area contributed by atoms with Crippen molar-refractivity contribution in [2.45, 2.75) is 30.8 Å². The molecule has 0 fully saturated rings. The number of carboxylic acid groups (broad SMARTS) is 3. The van der Waals surface area contributed by atoms with Gasteiger partial charge in [0, 0.05) is 6.42 Å². The van der Waals surface area contributed by atoms with Gasteiger partial charge in [0.15, 0.2) is 5.16 Å². The first-order valence-corrected chi connectivity index (χ1v) is 6.37. The fourth-order valence-corrected chi connectivity index (χ4v) is 2.47. The highest BCUT2D eigenvalue weighted by atomic mass is 31.2. The lowest BCUT2D eigenvalue weighted by atomic mass is 9.97. The number of carbonyl (C=O) groups is 3. The summed E-state index contributed by atoms with van der Waals surface area (Å²) in [6.07, 6.45) is -2.86. The molecule has 0 aromatic heterocycles. The molecule has 0 aliphatic rings. The van der Waals surface area contributed by atoms with E-state index in [0.29, 0.717) is 0 Å². The van der Waals surface area contributed by atoms with Gasteiger partial charge in [-0.2, -0.15) is 0 Å². The van der Waals surface area contributed by atoms with Crippen LogP contribution in [0.1, 0.15) is 25.7 Å². The van der Waals surface area contributed by atoms with Crippen molar-refractivity contribution in [3.05, 3.63) is 0 Å². The van der Waals surface area contributed by atoms with E-state index in [1.54, 1.807) is 0 Å². The maximum absolute atomic E-state index is 11.2. The van der Waals surface area contributed by atoms with E-state index < -0.39 is 49.9 Å². The molecule has 0 bridgehead atoms. The van der Waals surface area contributed by atoms with Crippen LogP contribution in [0.5, 0.6) is 0 Å². The fraction of sp³-hybridized carbons (Fsp3) is 0.625. The van der Waals surface area contributed by atoms with Crippen LogP contribution in [0.15, 0.2) is 0 Å². The van der Waals surface area contributed by atoms with Crippen LogP contribution in [0.3, 0.4) is 0 Å². The van der Waals surface area contributed by atoms with Gasteiger partial charge < -0.3 is 25.1 Å². The Morgan fingerprint density at radius 3 is 1.78 bits per heavy atom. The van der Waals surface area contributed by atoms with Gasteiger partial charge in [-0.15, -0.1) is 0 Å². The minimum Gasteiger partial charge on any atom is -0.481 e. The van der Waals surface area contributed by atoms with Crippen molar-refractivity contribution in [3.63, 3.8) is 0 Å². The SMILES string of the molecule is O=C(O)CCCC(CC(=O)O)(C(=O)O)P(=O)(O)O. The predicted octanol–water partition coefficient (Wildman–Crippen LogP) is -0.283. The van der Waals surface area contributed by atoms with Crippen LogP contribution in [0, 0.1) is 0 Å². The number of aliphatic carboxylic acids is 3. The zero-order valence-electron chi connectivity index (χ0n) is 9.14. The van der Waals surface area contributed by atoms with Crippen LogP contribution in [-0.4, -0.2) is 48.2 Å². The van der Waals surface area contributed by atoms with E-state index in [9.17, 15) is 18.9 Å². The number of carboxylic acids is 3. The van der Waals surface area contributed by atoms with E-state index in [2.05, 4.69) is 0 Å². The monoisotopic (exact) mass is 284 g/mol. The van der Waals surface area contributed by atoms with Gasteiger partial charge in [0.05, 0.1) is 6.42 Å². The lowest BCUT2D eigenvalue weighted by molar-refractivity contribution is -0.147. The first-order valence-electron chi connectivity index (χ1n) is 4.75. The van der Waals surface area contributed by atoms with Crippen LogP contribution in [0.25, 0.3) is 0 Å². The molecule has 0 spiro atoms. The van der Waals surface area contributed by atoms with Gasteiger partial charge in [-0.1, -0.05) is 0 Å². The van der Waals surface area contributed by atoms with Crippen molar-refractivity contribution in [3.8, 4) is 0 Å². The fourth-order valence-electron chi connectivity index (χ4n) is 1.43. The van der Waals surface area contributed by atoms with Crippen LogP contribution in [0.2, 0.25) is 0 Å². The van der Waals surface area contributed by atoms with Crippen LogP contribution < -0.4 is 0 Å². The van der Waals surface area contributed by atoms with Crippen molar-refractivity contribution < 1.29 is 44.1 Å². The van der Waals surface area contributed by atoms with Crippen molar-refractivity contribution in [1.82, 2.24) is 0 Å². The summed E-state index contributed by atoms with van der Waals surface area (Å²) in [6.45, 7) is 0. The molecule has 9 nitrogen and oxygen atoms in total. The third-order valence-corrected chi connectivity index (χ3v) is 4.07. The van der Waals surface area contributed by atoms with Crippen LogP contribution in [-0.2, 0) is 18.9 Å². The molecule has 0 aliphatic heterocycles. The molecule has 0 rings (SSSR count). The van der Waals surface area contributed by atoms with E-state index >= 15 is 0 Å². The second-order valence-electron chi connectivity index (χ2n) is 3.70. The van der Waals surface area contributed by atoms with E-state index in [4.69, 9.17) is 25.1 Å². The zero-order valence-corrected chi connectivity index (χ0v) is 10.0. The third-order valence-electron chi connectivity index (χ3n) is 2.38. The standard InChI is InChI=1S/C8H13O9P/c9-5(10)2-1-3-8(7(13)14,4-6(11)12)18(15,16)17/h1-4H2,(H,9,10)(H,11,12)(H,13,14)(H2,15,16,17). The normalized spacial score (nSPS) is 14.8. The minimum absolute atomic E-state index is 0.347. The maximum Gasteiger partial charge on any atom is 0.343 e. The van der Waals surface area contributed by atoms with E-state index in [0.717, 1.165) is 0 Å². The molecule has 0 radical (unpaired) electrons.